The predicted octanol–water partition coefficient (Wildman–Crippen LogP) is 5.53. The van der Waals surface area contributed by atoms with E-state index < -0.39 is 0 Å². The van der Waals surface area contributed by atoms with Crippen molar-refractivity contribution in [2.24, 2.45) is 0 Å². The third-order valence-electron chi connectivity index (χ3n) is 6.29. The highest BCUT2D eigenvalue weighted by molar-refractivity contribution is 6.31. The lowest BCUT2D eigenvalue weighted by molar-refractivity contribution is 0.324. The van der Waals surface area contributed by atoms with Crippen LogP contribution < -0.4 is 24.8 Å². The number of aromatic nitrogens is 4. The van der Waals surface area contributed by atoms with Gasteiger partial charge >= 0.3 is 0 Å². The minimum Gasteiger partial charge on any atom is -0.493 e. The monoisotopic (exact) mass is 592 g/mol. The highest BCUT2D eigenvalue weighted by Gasteiger charge is 2.17. The van der Waals surface area contributed by atoms with Gasteiger partial charge in [0, 0.05) is 43.3 Å². The number of aryl methyl sites for hydroxylation is 1. The van der Waals surface area contributed by atoms with Gasteiger partial charge < -0.3 is 34.6 Å². The average Bonchev–Trinajstić information content (AvgIpc) is 2.95. The maximum absolute atomic E-state index is 6.53. The van der Waals surface area contributed by atoms with Gasteiger partial charge in [-0.25, -0.2) is 9.97 Å². The third-order valence-corrected chi connectivity index (χ3v) is 6.67. The van der Waals surface area contributed by atoms with Gasteiger partial charge in [-0.3, -0.25) is 4.98 Å². The first-order valence-electron chi connectivity index (χ1n) is 13.2. The minimum absolute atomic E-state index is 0.362. The van der Waals surface area contributed by atoms with Crippen molar-refractivity contribution in [3.63, 3.8) is 0 Å². The number of benzene rings is 1. The van der Waals surface area contributed by atoms with E-state index in [0.717, 1.165) is 24.3 Å². The summed E-state index contributed by atoms with van der Waals surface area (Å²) in [4.78, 5) is 22.9. The number of nitrogens with zero attached hydrogens (tertiary/aromatic N) is 6. The topological polar surface area (TPSA) is 110 Å². The number of hydrogen-bond acceptors (Lipinski definition) is 11. The second kappa shape index (κ2) is 13.6. The van der Waals surface area contributed by atoms with Gasteiger partial charge in [0.15, 0.2) is 11.5 Å². The minimum atomic E-state index is 0.362. The van der Waals surface area contributed by atoms with Crippen molar-refractivity contribution in [3.8, 4) is 28.6 Å². The Balaban J connectivity index is 1.68. The van der Waals surface area contributed by atoms with Crippen LogP contribution in [0.5, 0.6) is 17.2 Å². The zero-order chi connectivity index (χ0) is 30.4. The lowest BCUT2D eigenvalue weighted by Gasteiger charge is -2.19. The summed E-state index contributed by atoms with van der Waals surface area (Å²) in [5.41, 5.74) is 5.80. The van der Waals surface area contributed by atoms with E-state index in [2.05, 4.69) is 50.6 Å². The molecule has 1 aromatic carbocycles. The Hall–Kier alpha value is -4.19. The van der Waals surface area contributed by atoms with Crippen molar-refractivity contribution in [1.82, 2.24) is 29.7 Å². The molecule has 4 rings (SSSR count). The Morgan fingerprint density at radius 2 is 1.48 bits per heavy atom. The van der Waals surface area contributed by atoms with Crippen molar-refractivity contribution in [3.05, 3.63) is 64.6 Å². The highest BCUT2D eigenvalue weighted by atomic mass is 35.5. The molecule has 2 N–H and O–H groups in total. The van der Waals surface area contributed by atoms with Gasteiger partial charge in [-0.05, 0) is 64.4 Å². The van der Waals surface area contributed by atoms with E-state index in [4.69, 9.17) is 35.8 Å². The van der Waals surface area contributed by atoms with E-state index in [9.17, 15) is 0 Å². The molecule has 0 aliphatic heterocycles. The maximum atomic E-state index is 6.53. The molecule has 0 radical (unpaired) electrons. The molecule has 42 heavy (non-hydrogen) atoms. The first-order valence-corrected chi connectivity index (χ1v) is 13.6. The summed E-state index contributed by atoms with van der Waals surface area (Å²) in [5.74, 6) is 2.42. The van der Waals surface area contributed by atoms with Crippen molar-refractivity contribution in [2.75, 3.05) is 60.2 Å². The Bertz CT molecular complexity index is 1520. The summed E-state index contributed by atoms with van der Waals surface area (Å²) >= 11 is 6.53. The molecular weight excluding hydrogens is 556 g/mol. The number of rotatable bonds is 12. The molecule has 4 aromatic rings. The molecule has 12 heteroatoms. The van der Waals surface area contributed by atoms with Gasteiger partial charge in [0.1, 0.15) is 11.5 Å². The number of hydrogen-bond donors (Lipinski definition) is 2. The molecule has 0 saturated heterocycles. The quantitative estimate of drug-likeness (QED) is 0.217. The van der Waals surface area contributed by atoms with Crippen molar-refractivity contribution in [2.45, 2.75) is 20.0 Å². The Kier molecular flexibility index (Phi) is 10.00. The second-order valence-electron chi connectivity index (χ2n) is 10.2. The fourth-order valence-electron chi connectivity index (χ4n) is 4.41. The van der Waals surface area contributed by atoms with Crippen LogP contribution in [-0.4, -0.2) is 79.3 Å². The van der Waals surface area contributed by atoms with Crippen molar-refractivity contribution in [1.29, 1.82) is 0 Å². The Morgan fingerprint density at radius 3 is 2.10 bits per heavy atom. The molecule has 0 fully saturated rings. The van der Waals surface area contributed by atoms with Crippen LogP contribution in [0.4, 0.5) is 23.1 Å². The third kappa shape index (κ3) is 7.35. The van der Waals surface area contributed by atoms with Gasteiger partial charge in [-0.1, -0.05) is 11.6 Å². The maximum Gasteiger partial charge on any atom is 0.229 e. The lowest BCUT2D eigenvalue weighted by Crippen LogP contribution is -2.17. The van der Waals surface area contributed by atoms with E-state index in [1.165, 1.54) is 5.56 Å². The first-order chi connectivity index (χ1) is 20.1. The molecule has 0 unspecified atom stereocenters. The molecule has 0 spiro atoms. The normalized spacial score (nSPS) is 11.1. The Morgan fingerprint density at radius 1 is 0.810 bits per heavy atom. The van der Waals surface area contributed by atoms with Gasteiger partial charge in [0.25, 0.3) is 0 Å². The van der Waals surface area contributed by atoms with E-state index in [1.807, 2.05) is 33.3 Å². The van der Waals surface area contributed by atoms with Crippen LogP contribution in [0.15, 0.2) is 42.7 Å². The van der Waals surface area contributed by atoms with Crippen molar-refractivity contribution < 1.29 is 14.2 Å². The average molecular weight is 593 g/mol. The molecular formula is C30H37ClN8O3. The summed E-state index contributed by atoms with van der Waals surface area (Å²) in [6, 6.07) is 9.27. The number of methoxy groups -OCH3 is 3. The molecule has 0 saturated carbocycles. The molecule has 0 atom stereocenters. The molecule has 11 nitrogen and oxygen atoms in total. The molecule has 0 aliphatic rings. The summed E-state index contributed by atoms with van der Waals surface area (Å²) in [6.07, 6.45) is 3.58. The van der Waals surface area contributed by atoms with Crippen LogP contribution >= 0.6 is 11.6 Å². The highest BCUT2D eigenvalue weighted by Crippen LogP contribution is 2.40. The number of ether oxygens (including phenoxy) is 3. The van der Waals surface area contributed by atoms with E-state index in [1.54, 1.807) is 45.7 Å². The SMILES string of the molecule is COc1cc(Nc2nccc(Nc3cc(Cl)c(C)nc3-c3cc(CN(C)C)c(CN(C)C)cn3)n2)cc(OC)c1OC. The molecule has 3 aromatic heterocycles. The summed E-state index contributed by atoms with van der Waals surface area (Å²) < 4.78 is 16.3. The molecule has 0 aliphatic carbocycles. The van der Waals surface area contributed by atoms with Gasteiger partial charge in [-0.15, -0.1) is 0 Å². The number of halogens is 1. The molecule has 3 heterocycles. The standard InChI is InChI=1S/C30H37ClN8O3/c1-18-22(31)14-24(28(34-18)23-11-19(16-38(2)3)20(15-33-23)17-39(4)5)36-27-9-10-32-30(37-27)35-21-12-25(40-6)29(42-8)26(13-21)41-7/h9-15H,16-17H2,1-8H3,(H2,32,35,36,37). The largest absolute Gasteiger partial charge is 0.493 e. The van der Waals surface area contributed by atoms with Gasteiger partial charge in [0.2, 0.25) is 11.7 Å². The number of nitrogens with one attached hydrogen (secondary N) is 2. The van der Waals surface area contributed by atoms with Gasteiger partial charge in [0.05, 0.1) is 43.4 Å². The summed E-state index contributed by atoms with van der Waals surface area (Å²) in [6.45, 7) is 3.44. The van der Waals surface area contributed by atoms with Crippen LogP contribution in [0.25, 0.3) is 11.4 Å². The van der Waals surface area contributed by atoms with E-state index >= 15 is 0 Å². The Labute approximate surface area is 251 Å². The molecule has 222 valence electrons. The fourth-order valence-corrected chi connectivity index (χ4v) is 4.56. The van der Waals surface area contributed by atoms with Gasteiger partial charge in [-0.2, -0.15) is 4.98 Å². The van der Waals surface area contributed by atoms with Crippen LogP contribution in [0.2, 0.25) is 5.02 Å². The van der Waals surface area contributed by atoms with Crippen LogP contribution in [0, 0.1) is 6.92 Å². The van der Waals surface area contributed by atoms with E-state index in [0.29, 0.717) is 56.8 Å². The smallest absolute Gasteiger partial charge is 0.229 e. The van der Waals surface area contributed by atoms with E-state index in [-0.39, 0.29) is 0 Å². The zero-order valence-electron chi connectivity index (χ0n) is 25.2. The zero-order valence-corrected chi connectivity index (χ0v) is 26.0. The fraction of sp³-hybridized carbons (Fsp3) is 0.333. The summed E-state index contributed by atoms with van der Waals surface area (Å²) in [5, 5.41) is 7.11. The van der Waals surface area contributed by atoms with Crippen LogP contribution in [-0.2, 0) is 13.1 Å². The van der Waals surface area contributed by atoms with Crippen molar-refractivity contribution >= 4 is 34.7 Å². The van der Waals surface area contributed by atoms with Crippen LogP contribution in [0.3, 0.4) is 0 Å². The molecule has 0 bridgehead atoms. The number of anilines is 4. The second-order valence-corrected chi connectivity index (χ2v) is 10.6. The molecule has 0 amide bonds. The first kappa shape index (κ1) is 30.8. The predicted molar refractivity (Wildman–Crippen MR) is 167 cm³/mol. The lowest BCUT2D eigenvalue weighted by atomic mass is 10.1. The summed E-state index contributed by atoms with van der Waals surface area (Å²) in [7, 11) is 12.9. The van der Waals surface area contributed by atoms with Crippen LogP contribution in [0.1, 0.15) is 16.8 Å². The number of pyridine rings is 2.